The number of carbonyl (C=O) groups is 3. The molecule has 30 heavy (non-hydrogen) atoms. The topological polar surface area (TPSA) is 87.3 Å². The number of carbonyl (C=O) groups excluding carboxylic acids is 3. The zero-order valence-electron chi connectivity index (χ0n) is 17.2. The van der Waals surface area contributed by atoms with Crippen molar-refractivity contribution in [1.82, 2.24) is 16.2 Å². The molecule has 3 amide bonds. The number of nitrogens with one attached hydrogen (secondary N) is 3. The first-order valence-electron chi connectivity index (χ1n) is 9.84. The van der Waals surface area contributed by atoms with E-state index in [4.69, 9.17) is 0 Å². The lowest BCUT2D eigenvalue weighted by atomic mass is 10.0. The largest absolute Gasteiger partial charge is 0.344 e. The Balaban J connectivity index is 1.53. The van der Waals surface area contributed by atoms with Crippen LogP contribution in [0.25, 0.3) is 10.8 Å². The molecule has 0 radical (unpaired) electrons. The SMILES string of the molecule is CCc1sc(C(=O)NNC(=O)[C@@H](C)NC(=O)Cc2cccc3ccccc23)cc1C. The van der Waals surface area contributed by atoms with Gasteiger partial charge in [-0.15, -0.1) is 11.3 Å². The second-order valence-electron chi connectivity index (χ2n) is 7.12. The van der Waals surface area contributed by atoms with Crippen LogP contribution in [0.1, 0.15) is 39.5 Å². The molecule has 3 N–H and O–H groups in total. The first kappa shape index (κ1) is 21.5. The third-order valence-electron chi connectivity index (χ3n) is 4.87. The summed E-state index contributed by atoms with van der Waals surface area (Å²) in [4.78, 5) is 38.6. The highest BCUT2D eigenvalue weighted by Gasteiger charge is 2.18. The standard InChI is InChI=1S/C23H25N3O3S/c1-4-19-14(2)12-20(30-19)23(29)26-25-22(28)15(3)24-21(27)13-17-10-7-9-16-8-5-6-11-18(16)17/h5-12,15H,4,13H2,1-3H3,(H,24,27)(H,25,28)(H,26,29)/t15-/m1/s1. The maximum Gasteiger partial charge on any atom is 0.279 e. The first-order valence-corrected chi connectivity index (χ1v) is 10.7. The fourth-order valence-corrected chi connectivity index (χ4v) is 4.26. The van der Waals surface area contributed by atoms with E-state index in [2.05, 4.69) is 16.2 Å². The van der Waals surface area contributed by atoms with E-state index in [0.29, 0.717) is 4.88 Å². The minimum Gasteiger partial charge on any atom is -0.344 e. The van der Waals surface area contributed by atoms with E-state index >= 15 is 0 Å². The second-order valence-corrected chi connectivity index (χ2v) is 8.25. The van der Waals surface area contributed by atoms with Crippen LogP contribution in [0.4, 0.5) is 0 Å². The van der Waals surface area contributed by atoms with Crippen molar-refractivity contribution in [3.63, 3.8) is 0 Å². The van der Waals surface area contributed by atoms with Gasteiger partial charge in [0.1, 0.15) is 6.04 Å². The molecule has 0 aliphatic heterocycles. The normalized spacial score (nSPS) is 11.7. The van der Waals surface area contributed by atoms with Crippen LogP contribution in [-0.4, -0.2) is 23.8 Å². The van der Waals surface area contributed by atoms with Crippen molar-refractivity contribution < 1.29 is 14.4 Å². The molecule has 0 aliphatic rings. The Hall–Kier alpha value is -3.19. The van der Waals surface area contributed by atoms with Gasteiger partial charge >= 0.3 is 0 Å². The van der Waals surface area contributed by atoms with Gasteiger partial charge in [-0.05, 0) is 48.2 Å². The van der Waals surface area contributed by atoms with Crippen molar-refractivity contribution in [3.05, 3.63) is 69.4 Å². The van der Waals surface area contributed by atoms with Gasteiger partial charge in [0.15, 0.2) is 0 Å². The average molecular weight is 424 g/mol. The van der Waals surface area contributed by atoms with E-state index in [9.17, 15) is 14.4 Å². The van der Waals surface area contributed by atoms with Crippen molar-refractivity contribution >= 4 is 39.8 Å². The molecule has 156 valence electrons. The van der Waals surface area contributed by atoms with Crippen molar-refractivity contribution in [2.24, 2.45) is 0 Å². The van der Waals surface area contributed by atoms with E-state index in [1.807, 2.05) is 56.3 Å². The summed E-state index contributed by atoms with van der Waals surface area (Å²) in [7, 11) is 0. The Morgan fingerprint density at radius 3 is 2.50 bits per heavy atom. The molecule has 0 bridgehead atoms. The van der Waals surface area contributed by atoms with Crippen LogP contribution in [-0.2, 0) is 22.4 Å². The average Bonchev–Trinajstić information content (AvgIpc) is 3.12. The Morgan fingerprint density at radius 2 is 1.77 bits per heavy atom. The number of thiophene rings is 1. The van der Waals surface area contributed by atoms with Crippen LogP contribution in [0.2, 0.25) is 0 Å². The molecule has 0 unspecified atom stereocenters. The predicted octanol–water partition coefficient (Wildman–Crippen LogP) is 3.28. The lowest BCUT2D eigenvalue weighted by molar-refractivity contribution is -0.128. The number of rotatable bonds is 6. The zero-order valence-corrected chi connectivity index (χ0v) is 18.1. The summed E-state index contributed by atoms with van der Waals surface area (Å²) in [5.41, 5.74) is 6.75. The fraction of sp³-hybridized carbons (Fsp3) is 0.261. The highest BCUT2D eigenvalue weighted by molar-refractivity contribution is 7.14. The smallest absolute Gasteiger partial charge is 0.279 e. The number of fused-ring (bicyclic) bond motifs is 1. The van der Waals surface area contributed by atoms with Crippen LogP contribution in [0, 0.1) is 6.92 Å². The molecular weight excluding hydrogens is 398 g/mol. The highest BCUT2D eigenvalue weighted by atomic mass is 32.1. The monoisotopic (exact) mass is 423 g/mol. The van der Waals surface area contributed by atoms with Gasteiger partial charge in [0.25, 0.3) is 11.8 Å². The molecule has 0 saturated heterocycles. The van der Waals surface area contributed by atoms with E-state index in [1.54, 1.807) is 13.0 Å². The quantitative estimate of drug-likeness (QED) is 0.532. The third-order valence-corrected chi connectivity index (χ3v) is 6.25. The van der Waals surface area contributed by atoms with Crippen LogP contribution in [0.3, 0.4) is 0 Å². The molecular formula is C23H25N3O3S. The molecule has 3 rings (SSSR count). The van der Waals surface area contributed by atoms with Gasteiger partial charge in [0.05, 0.1) is 11.3 Å². The number of hydrogen-bond donors (Lipinski definition) is 3. The van der Waals surface area contributed by atoms with E-state index in [-0.39, 0.29) is 18.2 Å². The first-order chi connectivity index (χ1) is 14.4. The second kappa shape index (κ2) is 9.54. The van der Waals surface area contributed by atoms with Crippen LogP contribution in [0.15, 0.2) is 48.5 Å². The van der Waals surface area contributed by atoms with Crippen molar-refractivity contribution in [2.75, 3.05) is 0 Å². The summed E-state index contributed by atoms with van der Waals surface area (Å²) in [6, 6.07) is 14.7. The van der Waals surface area contributed by atoms with E-state index in [0.717, 1.165) is 33.2 Å². The summed E-state index contributed by atoms with van der Waals surface area (Å²) in [5, 5.41) is 4.75. The van der Waals surface area contributed by atoms with E-state index < -0.39 is 11.9 Å². The van der Waals surface area contributed by atoms with E-state index in [1.165, 1.54) is 11.3 Å². The maximum atomic E-state index is 12.4. The molecule has 2 aromatic carbocycles. The van der Waals surface area contributed by atoms with Crippen LogP contribution in [0.5, 0.6) is 0 Å². The van der Waals surface area contributed by atoms with Crippen molar-refractivity contribution in [2.45, 2.75) is 39.7 Å². The number of aryl methyl sites for hydroxylation is 2. The third kappa shape index (κ3) is 5.04. The summed E-state index contributed by atoms with van der Waals surface area (Å²) in [6.07, 6.45) is 1.02. The van der Waals surface area contributed by atoms with Crippen molar-refractivity contribution in [3.8, 4) is 0 Å². The minimum atomic E-state index is -0.788. The van der Waals surface area contributed by atoms with Gasteiger partial charge in [0, 0.05) is 4.88 Å². The summed E-state index contributed by atoms with van der Waals surface area (Å²) < 4.78 is 0. The summed E-state index contributed by atoms with van der Waals surface area (Å²) in [6.45, 7) is 5.57. The van der Waals surface area contributed by atoms with Crippen LogP contribution >= 0.6 is 11.3 Å². The molecule has 1 aromatic heterocycles. The Morgan fingerprint density at radius 1 is 1.03 bits per heavy atom. The summed E-state index contributed by atoms with van der Waals surface area (Å²) >= 11 is 1.41. The molecule has 0 spiro atoms. The molecule has 0 aliphatic carbocycles. The number of hydrazine groups is 1. The lowest BCUT2D eigenvalue weighted by Gasteiger charge is -2.15. The van der Waals surface area contributed by atoms with Gasteiger partial charge in [-0.25, -0.2) is 0 Å². The van der Waals surface area contributed by atoms with Gasteiger partial charge in [-0.3, -0.25) is 25.2 Å². The molecule has 1 heterocycles. The fourth-order valence-electron chi connectivity index (χ4n) is 3.25. The molecule has 3 aromatic rings. The molecule has 0 fully saturated rings. The van der Waals surface area contributed by atoms with Gasteiger partial charge in [-0.1, -0.05) is 49.4 Å². The summed E-state index contributed by atoms with van der Waals surface area (Å²) in [5.74, 6) is -1.12. The Labute approximate surface area is 179 Å². The molecule has 7 heteroatoms. The maximum absolute atomic E-state index is 12.4. The minimum absolute atomic E-state index is 0.166. The van der Waals surface area contributed by atoms with Crippen molar-refractivity contribution in [1.29, 1.82) is 0 Å². The lowest BCUT2D eigenvalue weighted by Crippen LogP contribution is -2.51. The van der Waals surface area contributed by atoms with Crippen LogP contribution < -0.4 is 16.2 Å². The Kier molecular flexibility index (Phi) is 6.84. The van der Waals surface area contributed by atoms with Gasteiger partial charge in [-0.2, -0.15) is 0 Å². The van der Waals surface area contributed by atoms with Gasteiger partial charge in [0.2, 0.25) is 5.91 Å². The zero-order chi connectivity index (χ0) is 21.7. The molecule has 0 saturated carbocycles. The van der Waals surface area contributed by atoms with Gasteiger partial charge < -0.3 is 5.32 Å². The number of amides is 3. The molecule has 1 atom stereocenters. The molecule has 6 nitrogen and oxygen atoms in total. The highest BCUT2D eigenvalue weighted by Crippen LogP contribution is 2.22. The number of hydrogen-bond acceptors (Lipinski definition) is 4. The Bertz CT molecular complexity index is 1080. The number of benzene rings is 2. The predicted molar refractivity (Wildman–Crippen MR) is 119 cm³/mol.